The molecule has 11 heteroatoms. The number of ketones is 2. The summed E-state index contributed by atoms with van der Waals surface area (Å²) in [7, 11) is 0. The summed E-state index contributed by atoms with van der Waals surface area (Å²) in [5.74, 6) is 0.0972. The molecule has 0 saturated heterocycles. The molecule has 0 aromatic rings. The summed E-state index contributed by atoms with van der Waals surface area (Å²) < 4.78 is 4.15. The van der Waals surface area contributed by atoms with E-state index in [9.17, 15) is 24.6 Å². The third-order valence-electron chi connectivity index (χ3n) is 1.46. The summed E-state index contributed by atoms with van der Waals surface area (Å²) in [5.41, 5.74) is -0.972. The average Bonchev–Trinajstić information content (AvgIpc) is 2.53. The summed E-state index contributed by atoms with van der Waals surface area (Å²) in [6, 6.07) is 0. The molecule has 0 unspecified atom stereocenters. The number of carbonyl (C=O) groups excluding carboxylic acids is 3. The van der Waals surface area contributed by atoms with Crippen LogP contribution in [0.25, 0.3) is 0 Å². The van der Waals surface area contributed by atoms with Gasteiger partial charge in [-0.25, -0.2) is 0 Å². The molecule has 0 atom stereocenters. The van der Waals surface area contributed by atoms with E-state index in [-0.39, 0.29) is 135 Å². The van der Waals surface area contributed by atoms with Crippen molar-refractivity contribution in [2.45, 2.75) is 123 Å². The molecule has 36 heavy (non-hydrogen) atoms. The predicted molar refractivity (Wildman–Crippen MR) is 136 cm³/mol. The Labute approximate surface area is 291 Å². The largest absolute Gasteiger partial charge is 1.00 e. The van der Waals surface area contributed by atoms with Crippen LogP contribution in [0.15, 0.2) is 11.8 Å². The van der Waals surface area contributed by atoms with Crippen LogP contribution < -0.4 is 104 Å². The van der Waals surface area contributed by atoms with Crippen LogP contribution in [0.4, 0.5) is 0 Å². The third-order valence-corrected chi connectivity index (χ3v) is 1.46. The molecule has 0 heterocycles. The number of carbonyl (C=O) groups is 3. The number of allylic oxidation sites excluding steroid dienone is 1. The maximum absolute atomic E-state index is 10.1. The molecule has 208 valence electrons. The average molecular weight is 555 g/mol. The first kappa shape index (κ1) is 76.8. The maximum atomic E-state index is 10.1. The Morgan fingerprint density at radius 3 is 1.06 bits per heavy atom. The quantitative estimate of drug-likeness (QED) is 0.156. The fraction of sp³-hybridized carbons (Fsp3) is 0.800. The van der Waals surface area contributed by atoms with E-state index in [2.05, 4.69) is 4.74 Å². The predicted octanol–water partition coefficient (Wildman–Crippen LogP) is -5.79. The van der Waals surface area contributed by atoms with E-state index in [1.54, 1.807) is 62.3 Å². The molecule has 0 aromatic carbocycles. The Kier molecular flexibility index (Phi) is 120. The van der Waals surface area contributed by atoms with Gasteiger partial charge in [0, 0.05) is 6.42 Å². The van der Waals surface area contributed by atoms with Gasteiger partial charge in [0.25, 0.3) is 6.47 Å². The Hall–Kier alpha value is 1.23. The first-order valence-corrected chi connectivity index (χ1v) is 9.63. The second kappa shape index (κ2) is 56.4. The van der Waals surface area contributed by atoms with Crippen molar-refractivity contribution < 1.29 is 128 Å². The molecular formula is C25H57Na3O8. The van der Waals surface area contributed by atoms with Crippen LogP contribution in [0.1, 0.15) is 112 Å². The van der Waals surface area contributed by atoms with Crippen LogP contribution in [-0.4, -0.2) is 47.6 Å². The van der Waals surface area contributed by atoms with Crippen LogP contribution in [0.2, 0.25) is 0 Å². The van der Waals surface area contributed by atoms with E-state index < -0.39 is 11.2 Å². The van der Waals surface area contributed by atoms with Crippen LogP contribution in [0.3, 0.4) is 0 Å². The zero-order valence-electron chi connectivity index (χ0n) is 24.1. The van der Waals surface area contributed by atoms with Crippen LogP contribution in [0, 0.1) is 0 Å². The number of hydrogen-bond acceptors (Lipinski definition) is 8. The fourth-order valence-electron chi connectivity index (χ4n) is 0.151. The normalized spacial score (nSPS) is 8.03. The van der Waals surface area contributed by atoms with Crippen molar-refractivity contribution in [3.63, 3.8) is 0 Å². The zero-order chi connectivity index (χ0) is 26.0. The van der Waals surface area contributed by atoms with E-state index in [0.717, 1.165) is 0 Å². The Balaban J connectivity index is -0.0000000188. The SMILES string of the molecule is C.C.C.CC(=O)C(C)=C[O-].CC(C)(C)O.CC(C)(C)[O-].CCC(C)=O.CCOC=O.CC[O-].[Na+].[Na+].[Na+]. The van der Waals surface area contributed by atoms with Crippen molar-refractivity contribution in [2.75, 3.05) is 13.2 Å². The Bertz CT molecular complexity index is 395. The fourth-order valence-corrected chi connectivity index (χ4v) is 0.151. The molecule has 0 aliphatic rings. The Morgan fingerprint density at radius 1 is 0.861 bits per heavy atom. The summed E-state index contributed by atoms with van der Waals surface area (Å²) in [4.78, 5) is 29.1. The summed E-state index contributed by atoms with van der Waals surface area (Å²) in [6.45, 7) is 20.7. The van der Waals surface area contributed by atoms with E-state index in [0.29, 0.717) is 25.8 Å². The first-order chi connectivity index (χ1) is 13.3. The molecule has 0 amide bonds. The smallest absolute Gasteiger partial charge is 0.878 e. The number of Topliss-reactive ketones (excluding diaryl/α,β-unsaturated/α-hetero) is 2. The first-order valence-electron chi connectivity index (χ1n) is 9.63. The van der Waals surface area contributed by atoms with Gasteiger partial charge < -0.3 is 30.0 Å². The van der Waals surface area contributed by atoms with Gasteiger partial charge in [-0.2, -0.15) is 0 Å². The molecule has 0 saturated carbocycles. The van der Waals surface area contributed by atoms with Crippen molar-refractivity contribution in [3.8, 4) is 0 Å². The molecule has 8 nitrogen and oxygen atoms in total. The van der Waals surface area contributed by atoms with E-state index in [1.165, 1.54) is 13.8 Å². The van der Waals surface area contributed by atoms with E-state index in [4.69, 9.17) is 10.2 Å². The molecule has 0 aliphatic heterocycles. The second-order valence-corrected chi connectivity index (χ2v) is 7.54. The van der Waals surface area contributed by atoms with Gasteiger partial charge in [-0.15, -0.1) is 18.5 Å². The van der Waals surface area contributed by atoms with Gasteiger partial charge >= 0.3 is 88.7 Å². The van der Waals surface area contributed by atoms with Crippen molar-refractivity contribution in [1.82, 2.24) is 0 Å². The second-order valence-electron chi connectivity index (χ2n) is 7.54. The number of hydrogen-bond donors (Lipinski definition) is 1. The van der Waals surface area contributed by atoms with Gasteiger partial charge in [-0.05, 0) is 54.0 Å². The van der Waals surface area contributed by atoms with Gasteiger partial charge in [0.2, 0.25) is 0 Å². The molecule has 0 bridgehead atoms. The maximum Gasteiger partial charge on any atom is 1.00 e. The molecule has 1 N–H and O–H groups in total. The van der Waals surface area contributed by atoms with Crippen LogP contribution >= 0.6 is 0 Å². The minimum atomic E-state index is -0.750. The minimum Gasteiger partial charge on any atom is -0.878 e. The minimum absolute atomic E-state index is 0. The number of rotatable bonds is 4. The number of ether oxygens (including phenoxy) is 1. The third kappa shape index (κ3) is 327. The topological polar surface area (TPSA) is 150 Å². The van der Waals surface area contributed by atoms with Gasteiger partial charge in [0.05, 0.1) is 12.2 Å². The molecular weight excluding hydrogens is 497 g/mol. The van der Waals surface area contributed by atoms with Crippen molar-refractivity contribution in [1.29, 1.82) is 0 Å². The summed E-state index contributed by atoms with van der Waals surface area (Å²) >= 11 is 0. The van der Waals surface area contributed by atoms with Crippen LogP contribution in [0.5, 0.6) is 0 Å². The molecule has 0 rings (SSSR count). The zero-order valence-corrected chi connectivity index (χ0v) is 30.1. The standard InChI is InChI=1S/C5H8O2.C4H10O.C4H9O.C4H8O.C3H6O2.C2H5O.3CH4.3Na/c1-4(3-6)5(2)7;2*1-4(2,3)5;1-3-4(2)5;1-2-5-3-4;1-2-3;;;;;;/h3,6H,1-2H3;5H,1-3H3;1-3H3;3H2,1-2H3;3H,2H2,1H3;2H2,1H3;3*1H4;;;/q;;-1;;;-1;;;;3*+1/p-1. The summed E-state index contributed by atoms with van der Waals surface area (Å²) in [6.07, 6.45) is 1.22. The van der Waals surface area contributed by atoms with Gasteiger partial charge in [0.15, 0.2) is 5.78 Å². The van der Waals surface area contributed by atoms with Crippen molar-refractivity contribution in [3.05, 3.63) is 11.8 Å². The summed E-state index contributed by atoms with van der Waals surface area (Å²) in [5, 5.41) is 37.2. The molecule has 0 fully saturated rings. The Morgan fingerprint density at radius 2 is 1.06 bits per heavy atom. The van der Waals surface area contributed by atoms with Gasteiger partial charge in [-0.1, -0.05) is 56.9 Å². The molecule has 0 aliphatic carbocycles. The molecule has 0 spiro atoms. The molecule has 0 aromatic heterocycles. The van der Waals surface area contributed by atoms with Crippen molar-refractivity contribution >= 4 is 18.0 Å². The van der Waals surface area contributed by atoms with Crippen molar-refractivity contribution in [2.24, 2.45) is 0 Å². The molecule has 0 radical (unpaired) electrons. The van der Waals surface area contributed by atoms with Crippen LogP contribution in [-0.2, 0) is 19.1 Å². The van der Waals surface area contributed by atoms with Gasteiger partial charge in [-0.3, -0.25) is 9.59 Å². The van der Waals surface area contributed by atoms with Gasteiger partial charge in [0.1, 0.15) is 5.78 Å². The van der Waals surface area contributed by atoms with E-state index in [1.807, 2.05) is 6.92 Å². The van der Waals surface area contributed by atoms with E-state index >= 15 is 0 Å². The number of aliphatic hydroxyl groups is 1. The monoisotopic (exact) mass is 554 g/mol.